The number of carbonyl (C=O) groups excluding carboxylic acids is 1. The van der Waals surface area contributed by atoms with Gasteiger partial charge in [-0.1, -0.05) is 30.3 Å². The van der Waals surface area contributed by atoms with Crippen molar-refractivity contribution < 1.29 is 13.9 Å². The summed E-state index contributed by atoms with van der Waals surface area (Å²) < 4.78 is 18.7. The first-order valence-corrected chi connectivity index (χ1v) is 9.95. The Hall–Kier alpha value is -3.48. The topological polar surface area (TPSA) is 58.6 Å². The molecule has 0 spiro atoms. The van der Waals surface area contributed by atoms with Crippen LogP contribution in [0.15, 0.2) is 66.7 Å². The lowest BCUT2D eigenvalue weighted by atomic mass is 10.1. The second-order valence-electron chi connectivity index (χ2n) is 7.17. The number of anilines is 1. The van der Waals surface area contributed by atoms with E-state index in [0.29, 0.717) is 31.9 Å². The number of hydrogen-bond acceptors (Lipinski definition) is 5. The van der Waals surface area contributed by atoms with Gasteiger partial charge in [0.15, 0.2) is 11.9 Å². The van der Waals surface area contributed by atoms with Crippen LogP contribution >= 0.6 is 0 Å². The Morgan fingerprint density at radius 1 is 0.933 bits per heavy atom. The zero-order chi connectivity index (χ0) is 20.9. The van der Waals surface area contributed by atoms with Crippen LogP contribution in [-0.2, 0) is 4.79 Å². The van der Waals surface area contributed by atoms with E-state index in [0.717, 1.165) is 17.1 Å². The van der Waals surface area contributed by atoms with Crippen molar-refractivity contribution in [2.24, 2.45) is 0 Å². The van der Waals surface area contributed by atoms with Crippen molar-refractivity contribution in [3.8, 4) is 17.0 Å². The number of amides is 1. The van der Waals surface area contributed by atoms with Crippen LogP contribution < -0.4 is 9.64 Å². The number of piperazine rings is 1. The molecule has 1 atom stereocenters. The van der Waals surface area contributed by atoms with Gasteiger partial charge >= 0.3 is 0 Å². The van der Waals surface area contributed by atoms with E-state index in [-0.39, 0.29) is 11.7 Å². The van der Waals surface area contributed by atoms with Gasteiger partial charge in [-0.05, 0) is 43.3 Å². The fourth-order valence-corrected chi connectivity index (χ4v) is 3.44. The summed E-state index contributed by atoms with van der Waals surface area (Å²) in [6, 6.07) is 19.5. The van der Waals surface area contributed by atoms with Gasteiger partial charge in [-0.2, -0.15) is 0 Å². The van der Waals surface area contributed by atoms with Crippen LogP contribution in [0.2, 0.25) is 0 Å². The van der Waals surface area contributed by atoms with Gasteiger partial charge in [0, 0.05) is 31.7 Å². The smallest absolute Gasteiger partial charge is 0.263 e. The fraction of sp³-hybridized carbons (Fsp3) is 0.261. The van der Waals surface area contributed by atoms with E-state index >= 15 is 0 Å². The van der Waals surface area contributed by atoms with Gasteiger partial charge in [-0.15, -0.1) is 10.2 Å². The molecule has 0 radical (unpaired) electrons. The van der Waals surface area contributed by atoms with Gasteiger partial charge in [-0.3, -0.25) is 4.79 Å². The number of benzene rings is 2. The Bertz CT molecular complexity index is 972. The van der Waals surface area contributed by atoms with Crippen LogP contribution in [-0.4, -0.2) is 53.3 Å². The highest BCUT2D eigenvalue weighted by atomic mass is 19.1. The van der Waals surface area contributed by atoms with Gasteiger partial charge in [0.25, 0.3) is 5.91 Å². The molecule has 2 heterocycles. The minimum absolute atomic E-state index is 0.0792. The molecule has 0 N–H and O–H groups in total. The van der Waals surface area contributed by atoms with Crippen LogP contribution in [0.4, 0.5) is 10.2 Å². The first-order valence-electron chi connectivity index (χ1n) is 9.95. The van der Waals surface area contributed by atoms with Gasteiger partial charge < -0.3 is 14.5 Å². The molecule has 0 aliphatic carbocycles. The number of rotatable bonds is 5. The maximum atomic E-state index is 13.0. The highest BCUT2D eigenvalue weighted by Gasteiger charge is 2.26. The molecule has 30 heavy (non-hydrogen) atoms. The van der Waals surface area contributed by atoms with Crippen molar-refractivity contribution in [2.45, 2.75) is 13.0 Å². The SMILES string of the molecule is CC(Oc1ccc(F)cc1)C(=O)N1CCN(c2ccc(-c3ccccc3)nn2)CC1. The maximum absolute atomic E-state index is 13.0. The maximum Gasteiger partial charge on any atom is 0.263 e. The Kier molecular flexibility index (Phi) is 5.88. The Morgan fingerprint density at radius 2 is 1.63 bits per heavy atom. The highest BCUT2D eigenvalue weighted by molar-refractivity contribution is 5.81. The van der Waals surface area contributed by atoms with E-state index in [4.69, 9.17) is 4.74 Å². The van der Waals surface area contributed by atoms with Crippen LogP contribution in [0, 0.1) is 5.82 Å². The third kappa shape index (κ3) is 4.56. The van der Waals surface area contributed by atoms with E-state index in [9.17, 15) is 9.18 Å². The zero-order valence-electron chi connectivity index (χ0n) is 16.7. The van der Waals surface area contributed by atoms with Crippen molar-refractivity contribution in [3.63, 3.8) is 0 Å². The molecule has 4 rings (SSSR count). The molecule has 1 saturated heterocycles. The average Bonchev–Trinajstić information content (AvgIpc) is 2.81. The molecular formula is C23H23FN4O2. The van der Waals surface area contributed by atoms with Gasteiger partial charge in [0.2, 0.25) is 0 Å². The molecule has 1 amide bonds. The first kappa shape index (κ1) is 19.8. The predicted octanol–water partition coefficient (Wildman–Crippen LogP) is 3.40. The summed E-state index contributed by atoms with van der Waals surface area (Å²) >= 11 is 0. The molecule has 1 unspecified atom stereocenters. The number of hydrogen-bond donors (Lipinski definition) is 0. The van der Waals surface area contributed by atoms with E-state index in [1.807, 2.05) is 42.5 Å². The van der Waals surface area contributed by atoms with Crippen molar-refractivity contribution in [3.05, 3.63) is 72.5 Å². The van der Waals surface area contributed by atoms with E-state index in [1.54, 1.807) is 11.8 Å². The van der Waals surface area contributed by atoms with Crippen molar-refractivity contribution in [2.75, 3.05) is 31.1 Å². The molecule has 6 nitrogen and oxygen atoms in total. The molecule has 1 aliphatic rings. The largest absolute Gasteiger partial charge is 0.481 e. The highest BCUT2D eigenvalue weighted by Crippen LogP contribution is 2.20. The summed E-state index contributed by atoms with van der Waals surface area (Å²) in [5.41, 5.74) is 1.86. The summed E-state index contributed by atoms with van der Waals surface area (Å²) in [6.07, 6.45) is -0.632. The number of aromatic nitrogens is 2. The van der Waals surface area contributed by atoms with E-state index < -0.39 is 6.10 Å². The molecular weight excluding hydrogens is 383 g/mol. The second-order valence-corrected chi connectivity index (χ2v) is 7.17. The Labute approximate surface area is 174 Å². The number of halogens is 1. The molecule has 0 saturated carbocycles. The average molecular weight is 406 g/mol. The Balaban J connectivity index is 1.32. The molecule has 2 aromatic carbocycles. The molecule has 1 aromatic heterocycles. The predicted molar refractivity (Wildman–Crippen MR) is 113 cm³/mol. The summed E-state index contributed by atoms with van der Waals surface area (Å²) in [5, 5.41) is 8.70. The lowest BCUT2D eigenvalue weighted by Crippen LogP contribution is -2.52. The Morgan fingerprint density at radius 3 is 2.27 bits per heavy atom. The summed E-state index contributed by atoms with van der Waals surface area (Å²) in [5.74, 6) is 0.865. The van der Waals surface area contributed by atoms with E-state index in [2.05, 4.69) is 15.1 Å². The summed E-state index contributed by atoms with van der Waals surface area (Å²) in [4.78, 5) is 16.6. The quantitative estimate of drug-likeness (QED) is 0.650. The molecule has 0 bridgehead atoms. The molecule has 154 valence electrons. The molecule has 7 heteroatoms. The van der Waals surface area contributed by atoms with Crippen LogP contribution in [0.25, 0.3) is 11.3 Å². The number of carbonyl (C=O) groups is 1. The standard InChI is InChI=1S/C23H23FN4O2/c1-17(30-20-9-7-19(24)8-10-20)23(29)28-15-13-27(14-16-28)22-12-11-21(25-26-22)18-5-3-2-4-6-18/h2-12,17H,13-16H2,1H3. The van der Waals surface area contributed by atoms with Crippen molar-refractivity contribution in [1.29, 1.82) is 0 Å². The molecule has 1 aliphatic heterocycles. The number of nitrogens with zero attached hydrogens (tertiary/aromatic N) is 4. The summed E-state index contributed by atoms with van der Waals surface area (Å²) in [6.45, 7) is 4.23. The third-order valence-corrected chi connectivity index (χ3v) is 5.11. The first-order chi connectivity index (χ1) is 14.6. The molecule has 1 fully saturated rings. The van der Waals surface area contributed by atoms with Crippen molar-refractivity contribution in [1.82, 2.24) is 15.1 Å². The third-order valence-electron chi connectivity index (χ3n) is 5.11. The lowest BCUT2D eigenvalue weighted by molar-refractivity contribution is -0.138. The molecule has 3 aromatic rings. The van der Waals surface area contributed by atoms with Crippen LogP contribution in [0.1, 0.15) is 6.92 Å². The minimum atomic E-state index is -0.632. The normalized spacial score (nSPS) is 15.0. The lowest BCUT2D eigenvalue weighted by Gasteiger charge is -2.36. The summed E-state index contributed by atoms with van der Waals surface area (Å²) in [7, 11) is 0. The van der Waals surface area contributed by atoms with Crippen LogP contribution in [0.3, 0.4) is 0 Å². The van der Waals surface area contributed by atoms with Gasteiger partial charge in [0.05, 0.1) is 5.69 Å². The minimum Gasteiger partial charge on any atom is -0.481 e. The van der Waals surface area contributed by atoms with Gasteiger partial charge in [-0.25, -0.2) is 4.39 Å². The second kappa shape index (κ2) is 8.90. The van der Waals surface area contributed by atoms with Gasteiger partial charge in [0.1, 0.15) is 11.6 Å². The monoisotopic (exact) mass is 406 g/mol. The van der Waals surface area contributed by atoms with Crippen LogP contribution in [0.5, 0.6) is 5.75 Å². The van der Waals surface area contributed by atoms with E-state index in [1.165, 1.54) is 24.3 Å². The zero-order valence-corrected chi connectivity index (χ0v) is 16.7. The van der Waals surface area contributed by atoms with Crippen molar-refractivity contribution >= 4 is 11.7 Å². The number of ether oxygens (including phenoxy) is 1. The fourth-order valence-electron chi connectivity index (χ4n) is 3.44.